The second kappa shape index (κ2) is 4.32. The molecule has 2 unspecified atom stereocenters. The molecule has 0 radical (unpaired) electrons. The predicted octanol–water partition coefficient (Wildman–Crippen LogP) is 3.42. The second-order valence-electron chi connectivity index (χ2n) is 5.62. The first kappa shape index (κ1) is 13.6. The van der Waals surface area contributed by atoms with Gasteiger partial charge in [0.1, 0.15) is 0 Å². The third-order valence-electron chi connectivity index (χ3n) is 3.92. The highest BCUT2D eigenvalue weighted by atomic mass is 19.2. The minimum atomic E-state index is -1.55. The molecular weight excluding hydrogens is 283 g/mol. The van der Waals surface area contributed by atoms with Crippen LogP contribution in [0.2, 0.25) is 0 Å². The SMILES string of the molecule is CC1(C)C(C#N)C1c1nc(-c2cc(F)c(F)c(F)c2)no1. The first-order valence-electron chi connectivity index (χ1n) is 6.24. The first-order valence-corrected chi connectivity index (χ1v) is 6.24. The van der Waals surface area contributed by atoms with Crippen LogP contribution in [0, 0.1) is 40.1 Å². The van der Waals surface area contributed by atoms with Gasteiger partial charge in [0.15, 0.2) is 17.5 Å². The molecule has 1 fully saturated rings. The van der Waals surface area contributed by atoms with E-state index >= 15 is 0 Å². The van der Waals surface area contributed by atoms with Crippen LogP contribution in [0.15, 0.2) is 16.7 Å². The Labute approximate surface area is 118 Å². The second-order valence-corrected chi connectivity index (χ2v) is 5.62. The summed E-state index contributed by atoms with van der Waals surface area (Å²) in [5.41, 5.74) is -0.300. The van der Waals surface area contributed by atoms with Crippen LogP contribution < -0.4 is 0 Å². The fraction of sp³-hybridized carbons (Fsp3) is 0.357. The van der Waals surface area contributed by atoms with Gasteiger partial charge in [-0.3, -0.25) is 0 Å². The van der Waals surface area contributed by atoms with Gasteiger partial charge in [-0.05, 0) is 17.5 Å². The maximum absolute atomic E-state index is 13.2. The van der Waals surface area contributed by atoms with Gasteiger partial charge >= 0.3 is 0 Å². The molecule has 1 aliphatic rings. The van der Waals surface area contributed by atoms with Crippen LogP contribution >= 0.6 is 0 Å². The van der Waals surface area contributed by atoms with Gasteiger partial charge in [-0.1, -0.05) is 19.0 Å². The van der Waals surface area contributed by atoms with Gasteiger partial charge in [0.25, 0.3) is 0 Å². The molecule has 0 N–H and O–H groups in total. The average Bonchev–Trinajstić information content (AvgIpc) is 2.78. The minimum absolute atomic E-state index is 0.0200. The Kier molecular flexibility index (Phi) is 2.80. The van der Waals surface area contributed by atoms with Crippen molar-refractivity contribution in [3.63, 3.8) is 0 Å². The van der Waals surface area contributed by atoms with Crippen molar-refractivity contribution in [1.82, 2.24) is 10.1 Å². The topological polar surface area (TPSA) is 62.7 Å². The largest absolute Gasteiger partial charge is 0.339 e. The van der Waals surface area contributed by atoms with Gasteiger partial charge < -0.3 is 4.52 Å². The number of hydrogen-bond acceptors (Lipinski definition) is 4. The molecule has 4 nitrogen and oxygen atoms in total. The maximum atomic E-state index is 13.2. The smallest absolute Gasteiger partial charge is 0.232 e. The van der Waals surface area contributed by atoms with Crippen LogP contribution in [0.1, 0.15) is 25.7 Å². The van der Waals surface area contributed by atoms with Crippen molar-refractivity contribution >= 4 is 0 Å². The van der Waals surface area contributed by atoms with Gasteiger partial charge in [0, 0.05) is 5.56 Å². The zero-order chi connectivity index (χ0) is 15.4. The normalized spacial score (nSPS) is 22.9. The number of rotatable bonds is 2. The van der Waals surface area contributed by atoms with E-state index in [1.54, 1.807) is 0 Å². The molecule has 2 aromatic rings. The quantitative estimate of drug-likeness (QED) is 0.796. The summed E-state index contributed by atoms with van der Waals surface area (Å²) in [5, 5.41) is 12.7. The van der Waals surface area contributed by atoms with Gasteiger partial charge in [-0.2, -0.15) is 10.2 Å². The van der Waals surface area contributed by atoms with Crippen LogP contribution in [0.5, 0.6) is 0 Å². The van der Waals surface area contributed by atoms with Gasteiger partial charge in [-0.25, -0.2) is 13.2 Å². The lowest BCUT2D eigenvalue weighted by molar-refractivity contribution is 0.368. The molecule has 1 aromatic carbocycles. The molecule has 1 heterocycles. The van der Waals surface area contributed by atoms with Crippen molar-refractivity contribution in [3.8, 4) is 17.5 Å². The Morgan fingerprint density at radius 3 is 2.38 bits per heavy atom. The van der Waals surface area contributed by atoms with E-state index in [0.29, 0.717) is 0 Å². The number of benzene rings is 1. The summed E-state index contributed by atoms with van der Waals surface area (Å²) >= 11 is 0. The van der Waals surface area contributed by atoms with Crippen LogP contribution in [-0.2, 0) is 0 Å². The zero-order valence-electron chi connectivity index (χ0n) is 11.2. The standard InChI is InChI=1S/C14H10F3N3O/c1-14(2)7(5-18)10(14)13-19-12(20-21-13)6-3-8(15)11(17)9(16)4-6/h3-4,7,10H,1-2H3. The molecule has 7 heteroatoms. The summed E-state index contributed by atoms with van der Waals surface area (Å²) in [7, 11) is 0. The highest BCUT2D eigenvalue weighted by Crippen LogP contribution is 2.63. The summed E-state index contributed by atoms with van der Waals surface area (Å²) in [6.45, 7) is 3.79. The Morgan fingerprint density at radius 2 is 1.86 bits per heavy atom. The summed E-state index contributed by atoms with van der Waals surface area (Å²) in [5.74, 6) is -4.44. The molecule has 2 atom stereocenters. The molecule has 1 aromatic heterocycles. The van der Waals surface area contributed by atoms with Crippen molar-refractivity contribution < 1.29 is 17.7 Å². The van der Waals surface area contributed by atoms with Gasteiger partial charge in [0.2, 0.25) is 11.7 Å². The highest BCUT2D eigenvalue weighted by Gasteiger charge is 2.62. The van der Waals surface area contributed by atoms with E-state index in [4.69, 9.17) is 9.78 Å². The molecule has 0 bridgehead atoms. The fourth-order valence-corrected chi connectivity index (χ4v) is 2.50. The number of hydrogen-bond donors (Lipinski definition) is 0. The number of aromatic nitrogens is 2. The molecular formula is C14H10F3N3O. The van der Waals surface area contributed by atoms with Crippen molar-refractivity contribution in [2.24, 2.45) is 11.3 Å². The van der Waals surface area contributed by atoms with Gasteiger partial charge in [-0.15, -0.1) is 0 Å². The van der Waals surface area contributed by atoms with Gasteiger partial charge in [0.05, 0.1) is 17.9 Å². The average molecular weight is 293 g/mol. The summed E-state index contributed by atoms with van der Waals surface area (Å²) in [6, 6.07) is 3.75. The highest BCUT2D eigenvalue weighted by molar-refractivity contribution is 5.54. The van der Waals surface area contributed by atoms with E-state index in [1.165, 1.54) is 0 Å². The number of nitrogens with zero attached hydrogens (tertiary/aromatic N) is 3. The van der Waals surface area contributed by atoms with Crippen molar-refractivity contribution in [3.05, 3.63) is 35.5 Å². The predicted molar refractivity (Wildman–Crippen MR) is 65.2 cm³/mol. The molecule has 21 heavy (non-hydrogen) atoms. The molecule has 0 aliphatic heterocycles. The molecule has 0 spiro atoms. The van der Waals surface area contributed by atoms with Crippen molar-refractivity contribution in [1.29, 1.82) is 5.26 Å². The van der Waals surface area contributed by atoms with E-state index in [1.807, 2.05) is 13.8 Å². The molecule has 1 saturated carbocycles. The van der Waals surface area contributed by atoms with Crippen molar-refractivity contribution in [2.75, 3.05) is 0 Å². The van der Waals surface area contributed by atoms with E-state index in [-0.39, 0.29) is 34.5 Å². The van der Waals surface area contributed by atoms with Crippen LogP contribution in [0.25, 0.3) is 11.4 Å². The number of nitriles is 1. The molecule has 0 amide bonds. The maximum Gasteiger partial charge on any atom is 0.232 e. The van der Waals surface area contributed by atoms with Crippen LogP contribution in [0.4, 0.5) is 13.2 Å². The Bertz CT molecular complexity index is 740. The monoisotopic (exact) mass is 293 g/mol. The molecule has 3 rings (SSSR count). The summed E-state index contributed by atoms with van der Waals surface area (Å²) < 4.78 is 44.4. The first-order chi connectivity index (χ1) is 9.86. The zero-order valence-corrected chi connectivity index (χ0v) is 11.2. The fourth-order valence-electron chi connectivity index (χ4n) is 2.50. The Morgan fingerprint density at radius 1 is 1.24 bits per heavy atom. The van der Waals surface area contributed by atoms with E-state index in [0.717, 1.165) is 12.1 Å². The minimum Gasteiger partial charge on any atom is -0.339 e. The van der Waals surface area contributed by atoms with E-state index < -0.39 is 17.5 Å². The third-order valence-corrected chi connectivity index (χ3v) is 3.92. The number of halogens is 3. The molecule has 108 valence electrons. The van der Waals surface area contributed by atoms with E-state index in [9.17, 15) is 13.2 Å². The van der Waals surface area contributed by atoms with Crippen LogP contribution in [0.3, 0.4) is 0 Å². The molecule has 1 aliphatic carbocycles. The Hall–Kier alpha value is -2.36. The van der Waals surface area contributed by atoms with Crippen molar-refractivity contribution in [2.45, 2.75) is 19.8 Å². The Balaban J connectivity index is 1.95. The summed E-state index contributed by atoms with van der Waals surface area (Å²) in [6.07, 6.45) is 0. The lowest BCUT2D eigenvalue weighted by atomic mass is 10.1. The molecule has 0 saturated heterocycles. The lowest BCUT2D eigenvalue weighted by Gasteiger charge is -1.98. The third kappa shape index (κ3) is 1.98. The lowest BCUT2D eigenvalue weighted by Crippen LogP contribution is -1.93. The summed E-state index contributed by atoms with van der Waals surface area (Å²) in [4.78, 5) is 4.06. The van der Waals surface area contributed by atoms with E-state index in [2.05, 4.69) is 16.2 Å². The van der Waals surface area contributed by atoms with Crippen LogP contribution in [-0.4, -0.2) is 10.1 Å².